The minimum absolute atomic E-state index is 0.177. The number of hydrogen-bond acceptors (Lipinski definition) is 3. The Morgan fingerprint density at radius 1 is 1.31 bits per heavy atom. The van der Waals surface area contributed by atoms with Gasteiger partial charge in [-0.1, -0.05) is 6.92 Å². The molecule has 76 valence electrons. The summed E-state index contributed by atoms with van der Waals surface area (Å²) in [7, 11) is 0. The number of carbonyl (C=O) groups is 1. The molecule has 0 rings (SSSR count). The quantitative estimate of drug-likeness (QED) is 0.483. The molecule has 0 atom stereocenters. The van der Waals surface area contributed by atoms with Gasteiger partial charge in [-0.05, 0) is 32.7 Å². The zero-order valence-electron chi connectivity index (χ0n) is 8.60. The van der Waals surface area contributed by atoms with E-state index in [0.717, 1.165) is 24.8 Å². The van der Waals surface area contributed by atoms with E-state index in [4.69, 9.17) is 11.5 Å². The fourth-order valence-corrected chi connectivity index (χ4v) is 1.28. The Morgan fingerprint density at radius 2 is 1.92 bits per heavy atom. The van der Waals surface area contributed by atoms with Crippen LogP contribution in [0.4, 0.5) is 0 Å². The van der Waals surface area contributed by atoms with Gasteiger partial charge in [0.2, 0.25) is 0 Å². The average Bonchev–Trinajstić information content (AvgIpc) is 2.05. The van der Waals surface area contributed by atoms with Crippen LogP contribution in [-0.4, -0.2) is 12.3 Å². The molecule has 0 aliphatic rings. The predicted octanol–water partition coefficient (Wildman–Crippen LogP) is 1.33. The third-order valence-electron chi connectivity index (χ3n) is 2.02. The first kappa shape index (κ1) is 12.2. The molecule has 0 heterocycles. The minimum atomic E-state index is 0.177. The molecule has 3 heteroatoms. The van der Waals surface area contributed by atoms with Crippen molar-refractivity contribution in [3.8, 4) is 0 Å². The van der Waals surface area contributed by atoms with E-state index in [9.17, 15) is 4.79 Å². The number of carbonyl (C=O) groups excluding carboxylic acids is 1. The van der Waals surface area contributed by atoms with Gasteiger partial charge in [0.15, 0.2) is 5.78 Å². The highest BCUT2D eigenvalue weighted by Gasteiger charge is 2.08. The smallest absolute Gasteiger partial charge is 0.160 e. The minimum Gasteiger partial charge on any atom is -0.402 e. The highest BCUT2D eigenvalue weighted by atomic mass is 16.1. The summed E-state index contributed by atoms with van der Waals surface area (Å²) in [6, 6.07) is 0. The summed E-state index contributed by atoms with van der Waals surface area (Å²) in [6.45, 7) is 4.38. The highest BCUT2D eigenvalue weighted by molar-refractivity contribution is 5.95. The first-order valence-electron chi connectivity index (χ1n) is 4.82. The Kier molecular flexibility index (Phi) is 6.24. The second kappa shape index (κ2) is 6.66. The van der Waals surface area contributed by atoms with Crippen LogP contribution in [0, 0.1) is 0 Å². The topological polar surface area (TPSA) is 69.1 Å². The van der Waals surface area contributed by atoms with Gasteiger partial charge in [-0.15, -0.1) is 0 Å². The molecule has 0 bridgehead atoms. The molecule has 0 aliphatic heterocycles. The fraction of sp³-hybridized carbons (Fsp3) is 0.700. The van der Waals surface area contributed by atoms with Gasteiger partial charge in [0.05, 0.1) is 0 Å². The van der Waals surface area contributed by atoms with Crippen LogP contribution in [0.2, 0.25) is 0 Å². The average molecular weight is 184 g/mol. The molecule has 0 saturated carbocycles. The molecule has 3 nitrogen and oxygen atoms in total. The molecule has 4 N–H and O–H groups in total. The van der Waals surface area contributed by atoms with E-state index >= 15 is 0 Å². The van der Waals surface area contributed by atoms with E-state index in [1.54, 1.807) is 6.92 Å². The first-order chi connectivity index (χ1) is 6.13. The molecule has 0 radical (unpaired) electrons. The van der Waals surface area contributed by atoms with Crippen LogP contribution in [0.15, 0.2) is 11.3 Å². The summed E-state index contributed by atoms with van der Waals surface area (Å²) in [5, 5.41) is 0. The van der Waals surface area contributed by atoms with Gasteiger partial charge < -0.3 is 11.5 Å². The number of allylic oxidation sites excluding steroid dienone is 2. The SMILES string of the molecule is CC/C(C(=O)CCCCN)=C(\C)N. The molecule has 0 amide bonds. The van der Waals surface area contributed by atoms with Gasteiger partial charge in [-0.25, -0.2) is 0 Å². The van der Waals surface area contributed by atoms with Crippen molar-refractivity contribution in [1.29, 1.82) is 0 Å². The molecule has 0 unspecified atom stereocenters. The summed E-state index contributed by atoms with van der Waals surface area (Å²) in [5.74, 6) is 0.177. The Bertz CT molecular complexity index is 193. The van der Waals surface area contributed by atoms with Gasteiger partial charge in [-0.3, -0.25) is 4.79 Å². The monoisotopic (exact) mass is 184 g/mol. The number of ketones is 1. The number of unbranched alkanes of at least 4 members (excludes halogenated alkanes) is 1. The standard InChI is InChI=1S/C10H20N2O/c1-3-9(8(2)12)10(13)6-4-5-7-11/h3-7,11-12H2,1-2H3/b9-8-. The van der Waals surface area contributed by atoms with E-state index in [0.29, 0.717) is 18.7 Å². The summed E-state index contributed by atoms with van der Waals surface area (Å²) in [6.07, 6.45) is 3.08. The second-order valence-corrected chi connectivity index (χ2v) is 3.18. The van der Waals surface area contributed by atoms with E-state index in [1.807, 2.05) is 6.92 Å². The molecule has 0 aliphatic carbocycles. The Balaban J connectivity index is 4.02. The maximum atomic E-state index is 11.5. The van der Waals surface area contributed by atoms with Crippen molar-refractivity contribution in [2.75, 3.05) is 6.54 Å². The summed E-state index contributed by atoms with van der Waals surface area (Å²) in [5.41, 5.74) is 12.3. The van der Waals surface area contributed by atoms with E-state index < -0.39 is 0 Å². The van der Waals surface area contributed by atoms with Crippen molar-refractivity contribution in [2.45, 2.75) is 39.5 Å². The molecule has 0 fully saturated rings. The van der Waals surface area contributed by atoms with Crippen molar-refractivity contribution in [3.05, 3.63) is 11.3 Å². The predicted molar refractivity (Wildman–Crippen MR) is 55.1 cm³/mol. The fourth-order valence-electron chi connectivity index (χ4n) is 1.28. The van der Waals surface area contributed by atoms with Crippen molar-refractivity contribution in [3.63, 3.8) is 0 Å². The maximum Gasteiger partial charge on any atom is 0.160 e. The van der Waals surface area contributed by atoms with Gasteiger partial charge in [0.1, 0.15) is 0 Å². The third-order valence-corrected chi connectivity index (χ3v) is 2.02. The lowest BCUT2D eigenvalue weighted by Crippen LogP contribution is -2.09. The maximum absolute atomic E-state index is 11.5. The first-order valence-corrected chi connectivity index (χ1v) is 4.82. The van der Waals surface area contributed by atoms with Crippen molar-refractivity contribution < 1.29 is 4.79 Å². The van der Waals surface area contributed by atoms with Crippen molar-refractivity contribution >= 4 is 5.78 Å². The van der Waals surface area contributed by atoms with Gasteiger partial charge in [-0.2, -0.15) is 0 Å². The van der Waals surface area contributed by atoms with Crippen LogP contribution in [0.3, 0.4) is 0 Å². The van der Waals surface area contributed by atoms with Crippen molar-refractivity contribution in [2.24, 2.45) is 11.5 Å². The normalized spacial score (nSPS) is 12.5. The molecule has 0 aromatic carbocycles. The molecule has 0 aromatic rings. The zero-order chi connectivity index (χ0) is 10.3. The molecular weight excluding hydrogens is 164 g/mol. The lowest BCUT2D eigenvalue weighted by molar-refractivity contribution is -0.115. The Hall–Kier alpha value is -0.830. The van der Waals surface area contributed by atoms with Crippen LogP contribution in [0.1, 0.15) is 39.5 Å². The van der Waals surface area contributed by atoms with Crippen molar-refractivity contribution in [1.82, 2.24) is 0 Å². The number of hydrogen-bond donors (Lipinski definition) is 2. The van der Waals surface area contributed by atoms with Crippen LogP contribution in [0.5, 0.6) is 0 Å². The van der Waals surface area contributed by atoms with E-state index in [2.05, 4.69) is 0 Å². The van der Waals surface area contributed by atoms with E-state index in [1.165, 1.54) is 0 Å². The van der Waals surface area contributed by atoms with Crippen LogP contribution >= 0.6 is 0 Å². The Morgan fingerprint density at radius 3 is 2.31 bits per heavy atom. The van der Waals surface area contributed by atoms with Crippen LogP contribution in [-0.2, 0) is 4.79 Å². The summed E-state index contributed by atoms with van der Waals surface area (Å²) >= 11 is 0. The highest BCUT2D eigenvalue weighted by Crippen LogP contribution is 2.10. The zero-order valence-corrected chi connectivity index (χ0v) is 8.60. The summed E-state index contributed by atoms with van der Waals surface area (Å²) < 4.78 is 0. The molecule has 13 heavy (non-hydrogen) atoms. The number of rotatable bonds is 6. The lowest BCUT2D eigenvalue weighted by Gasteiger charge is -2.05. The van der Waals surface area contributed by atoms with E-state index in [-0.39, 0.29) is 5.78 Å². The Labute approximate surface area is 80.2 Å². The lowest BCUT2D eigenvalue weighted by atomic mass is 10.0. The van der Waals surface area contributed by atoms with Crippen LogP contribution < -0.4 is 11.5 Å². The largest absolute Gasteiger partial charge is 0.402 e. The molecule has 0 aromatic heterocycles. The van der Waals surface area contributed by atoms with Gasteiger partial charge in [0, 0.05) is 17.7 Å². The molecule has 0 saturated heterocycles. The van der Waals surface area contributed by atoms with Crippen LogP contribution in [0.25, 0.3) is 0 Å². The number of nitrogens with two attached hydrogens (primary N) is 2. The summed E-state index contributed by atoms with van der Waals surface area (Å²) in [4.78, 5) is 11.5. The number of Topliss-reactive ketones (excluding diaryl/α,β-unsaturated/α-hetero) is 1. The second-order valence-electron chi connectivity index (χ2n) is 3.18. The molecule has 0 spiro atoms. The van der Waals surface area contributed by atoms with Gasteiger partial charge in [0.25, 0.3) is 0 Å². The van der Waals surface area contributed by atoms with Gasteiger partial charge >= 0.3 is 0 Å². The molecular formula is C10H20N2O. The third kappa shape index (κ3) is 4.68.